The number of hydrogen-bond acceptors (Lipinski definition) is 4. The topological polar surface area (TPSA) is 75.5 Å². The highest BCUT2D eigenvalue weighted by atomic mass is 32.2. The molecule has 2 rings (SSSR count). The molecule has 1 saturated heterocycles. The summed E-state index contributed by atoms with van der Waals surface area (Å²) in [6, 6.07) is 1.14. The Morgan fingerprint density at radius 2 is 2.00 bits per heavy atom. The molecule has 0 saturated carbocycles. The van der Waals surface area contributed by atoms with Crippen LogP contribution in [0.1, 0.15) is 18.3 Å². The maximum absolute atomic E-state index is 12.0. The summed E-state index contributed by atoms with van der Waals surface area (Å²) in [5.41, 5.74) is 1.57. The fourth-order valence-electron chi connectivity index (χ4n) is 2.05. The van der Waals surface area contributed by atoms with E-state index in [1.165, 1.54) is 11.4 Å². The lowest BCUT2D eigenvalue weighted by molar-refractivity contribution is -0.126. The van der Waals surface area contributed by atoms with E-state index in [-0.39, 0.29) is 6.54 Å². The minimum atomic E-state index is -3.69. The van der Waals surface area contributed by atoms with Gasteiger partial charge in [0.2, 0.25) is 0 Å². The minimum Gasteiger partial charge on any atom is -0.272 e. The van der Waals surface area contributed by atoms with Gasteiger partial charge in [-0.3, -0.25) is 9.48 Å². The molecule has 0 aromatic carbocycles. The van der Waals surface area contributed by atoms with Gasteiger partial charge in [0.15, 0.2) is 0 Å². The number of likely N-dealkylation sites (N-methyl/N-ethyl adjacent to an activating group) is 1. The second-order valence-corrected chi connectivity index (χ2v) is 6.35. The van der Waals surface area contributed by atoms with Crippen LogP contribution in [0.15, 0.2) is 6.07 Å². The van der Waals surface area contributed by atoms with Crippen molar-refractivity contribution >= 4 is 16.1 Å². The standard InChI is InChI=1S/C10H16N4O3S/c1-7-5-9(12(3)11-7)6-14-8(2)10(15)13(4)18(14,16)17/h5,8H,6H2,1-4H3. The number of rotatable bonds is 2. The van der Waals surface area contributed by atoms with E-state index >= 15 is 0 Å². The third-order valence-corrected chi connectivity index (χ3v) is 5.07. The van der Waals surface area contributed by atoms with Gasteiger partial charge < -0.3 is 0 Å². The zero-order valence-corrected chi connectivity index (χ0v) is 11.6. The molecular formula is C10H16N4O3S. The van der Waals surface area contributed by atoms with Crippen LogP contribution < -0.4 is 0 Å². The van der Waals surface area contributed by atoms with Crippen LogP contribution in [0.25, 0.3) is 0 Å². The number of amides is 1. The number of nitrogens with zero attached hydrogens (tertiary/aromatic N) is 4. The number of carbonyl (C=O) groups excluding carboxylic acids is 1. The smallest absolute Gasteiger partial charge is 0.272 e. The Bertz CT molecular complexity index is 592. The van der Waals surface area contributed by atoms with Crippen LogP contribution in [-0.4, -0.2) is 45.8 Å². The molecule has 1 aliphatic rings. The van der Waals surface area contributed by atoms with Gasteiger partial charge in [0.05, 0.1) is 17.9 Å². The van der Waals surface area contributed by atoms with Crippen molar-refractivity contribution in [3.8, 4) is 0 Å². The number of aryl methyl sites for hydroxylation is 2. The Labute approximate surface area is 106 Å². The molecule has 1 aromatic heterocycles. The fourth-order valence-corrected chi connectivity index (χ4v) is 3.53. The van der Waals surface area contributed by atoms with Gasteiger partial charge >= 0.3 is 10.2 Å². The van der Waals surface area contributed by atoms with Crippen molar-refractivity contribution in [3.05, 3.63) is 17.5 Å². The number of carbonyl (C=O) groups is 1. The third kappa shape index (κ3) is 1.81. The summed E-state index contributed by atoms with van der Waals surface area (Å²) in [5, 5.41) is 4.16. The predicted octanol–water partition coefficient (Wildman–Crippen LogP) is -0.364. The van der Waals surface area contributed by atoms with Crippen LogP contribution in [-0.2, 0) is 28.6 Å². The first-order chi connectivity index (χ1) is 8.25. The van der Waals surface area contributed by atoms with Gasteiger partial charge in [0.1, 0.15) is 6.04 Å². The molecule has 18 heavy (non-hydrogen) atoms. The van der Waals surface area contributed by atoms with Gasteiger partial charge in [-0.15, -0.1) is 0 Å². The molecule has 1 aliphatic heterocycles. The largest absolute Gasteiger partial charge is 0.307 e. The van der Waals surface area contributed by atoms with Gasteiger partial charge in [-0.1, -0.05) is 0 Å². The molecule has 1 atom stereocenters. The third-order valence-electron chi connectivity index (χ3n) is 3.16. The highest BCUT2D eigenvalue weighted by molar-refractivity contribution is 7.87. The van der Waals surface area contributed by atoms with Gasteiger partial charge in [0, 0.05) is 14.1 Å². The number of aromatic nitrogens is 2. The molecule has 0 N–H and O–H groups in total. The van der Waals surface area contributed by atoms with Crippen LogP contribution in [0.3, 0.4) is 0 Å². The molecule has 0 radical (unpaired) electrons. The molecule has 2 heterocycles. The zero-order chi connectivity index (χ0) is 13.7. The molecule has 100 valence electrons. The maximum Gasteiger partial charge on any atom is 0.307 e. The summed E-state index contributed by atoms with van der Waals surface area (Å²) < 4.78 is 27.7. The van der Waals surface area contributed by atoms with Crippen molar-refractivity contribution in [3.63, 3.8) is 0 Å². The lowest BCUT2D eigenvalue weighted by Gasteiger charge is -2.17. The Hall–Kier alpha value is -1.41. The van der Waals surface area contributed by atoms with Gasteiger partial charge in [-0.05, 0) is 19.9 Å². The van der Waals surface area contributed by atoms with E-state index in [9.17, 15) is 13.2 Å². The minimum absolute atomic E-state index is 0.150. The SMILES string of the molecule is Cc1cc(CN2C(C)C(=O)N(C)S2(=O)=O)n(C)n1. The van der Waals surface area contributed by atoms with Crippen LogP contribution in [0.5, 0.6) is 0 Å². The van der Waals surface area contributed by atoms with E-state index in [4.69, 9.17) is 0 Å². The monoisotopic (exact) mass is 272 g/mol. The molecular weight excluding hydrogens is 256 g/mol. The van der Waals surface area contributed by atoms with E-state index < -0.39 is 22.2 Å². The van der Waals surface area contributed by atoms with E-state index in [2.05, 4.69) is 5.10 Å². The molecule has 8 heteroatoms. The lowest BCUT2D eigenvalue weighted by Crippen LogP contribution is -2.34. The second-order valence-electron chi connectivity index (χ2n) is 4.44. The van der Waals surface area contributed by atoms with Crippen molar-refractivity contribution in [2.75, 3.05) is 7.05 Å². The van der Waals surface area contributed by atoms with Gasteiger partial charge in [0.25, 0.3) is 5.91 Å². The molecule has 1 aromatic rings. The molecule has 0 bridgehead atoms. The average Bonchev–Trinajstić information content (AvgIpc) is 2.66. The summed E-state index contributed by atoms with van der Waals surface area (Å²) >= 11 is 0. The van der Waals surface area contributed by atoms with Crippen LogP contribution in [0.4, 0.5) is 0 Å². The Balaban J connectivity index is 2.35. The van der Waals surface area contributed by atoms with E-state index in [0.29, 0.717) is 0 Å². The van der Waals surface area contributed by atoms with Gasteiger partial charge in [-0.25, -0.2) is 4.31 Å². The van der Waals surface area contributed by atoms with E-state index in [0.717, 1.165) is 15.7 Å². The van der Waals surface area contributed by atoms with E-state index in [1.807, 2.05) is 13.0 Å². The number of hydrogen-bond donors (Lipinski definition) is 0. The van der Waals surface area contributed by atoms with Crippen molar-refractivity contribution in [2.24, 2.45) is 7.05 Å². The quantitative estimate of drug-likeness (QED) is 0.736. The summed E-state index contributed by atoms with van der Waals surface area (Å²) in [6.45, 7) is 3.58. The van der Waals surface area contributed by atoms with Crippen molar-refractivity contribution in [1.29, 1.82) is 0 Å². The average molecular weight is 272 g/mol. The first-order valence-corrected chi connectivity index (χ1v) is 6.94. The lowest BCUT2D eigenvalue weighted by atomic mass is 10.3. The first kappa shape index (κ1) is 13.0. The predicted molar refractivity (Wildman–Crippen MR) is 64.6 cm³/mol. The Kier molecular flexibility index (Phi) is 2.94. The fraction of sp³-hybridized carbons (Fsp3) is 0.600. The summed E-state index contributed by atoms with van der Waals surface area (Å²) in [4.78, 5) is 11.7. The summed E-state index contributed by atoms with van der Waals surface area (Å²) in [7, 11) is -0.662. The summed E-state index contributed by atoms with van der Waals surface area (Å²) in [5.74, 6) is -0.408. The molecule has 0 spiro atoms. The van der Waals surface area contributed by atoms with Crippen molar-refractivity contribution in [1.82, 2.24) is 18.4 Å². The highest BCUT2D eigenvalue weighted by Gasteiger charge is 2.46. The van der Waals surface area contributed by atoms with Crippen LogP contribution in [0.2, 0.25) is 0 Å². The highest BCUT2D eigenvalue weighted by Crippen LogP contribution is 2.24. The zero-order valence-electron chi connectivity index (χ0n) is 10.8. The molecule has 1 unspecified atom stereocenters. The van der Waals surface area contributed by atoms with Crippen molar-refractivity contribution < 1.29 is 13.2 Å². The van der Waals surface area contributed by atoms with Crippen LogP contribution in [0, 0.1) is 6.92 Å². The maximum atomic E-state index is 12.0. The first-order valence-electron chi connectivity index (χ1n) is 5.54. The molecule has 1 fully saturated rings. The van der Waals surface area contributed by atoms with E-state index in [1.54, 1.807) is 18.7 Å². The van der Waals surface area contributed by atoms with Crippen molar-refractivity contribution in [2.45, 2.75) is 26.4 Å². The molecule has 1 amide bonds. The Morgan fingerprint density at radius 3 is 2.39 bits per heavy atom. The normalized spacial score (nSPS) is 23.9. The molecule has 7 nitrogen and oxygen atoms in total. The molecule has 0 aliphatic carbocycles. The summed E-state index contributed by atoms with van der Waals surface area (Å²) in [6.07, 6.45) is 0. The van der Waals surface area contributed by atoms with Gasteiger partial charge in [-0.2, -0.15) is 17.8 Å². The second kappa shape index (κ2) is 4.06. The Morgan fingerprint density at radius 1 is 1.39 bits per heavy atom. The van der Waals surface area contributed by atoms with Crippen LogP contribution >= 0.6 is 0 Å².